The normalized spacial score (nSPS) is 15.0. The average molecular weight is 340 g/mol. The first kappa shape index (κ1) is 17.2. The van der Waals surface area contributed by atoms with Crippen LogP contribution in [-0.4, -0.2) is 46.1 Å². The van der Waals surface area contributed by atoms with Crippen molar-refractivity contribution < 1.29 is 9.59 Å². The fourth-order valence-electron chi connectivity index (χ4n) is 3.15. The summed E-state index contributed by atoms with van der Waals surface area (Å²) in [5, 5.41) is 7.37. The van der Waals surface area contributed by atoms with E-state index in [0.717, 1.165) is 17.0 Å². The molecule has 1 N–H and O–H groups in total. The number of amides is 2. The molecule has 3 rings (SSSR count). The molecule has 2 heterocycles. The van der Waals surface area contributed by atoms with Crippen molar-refractivity contribution >= 4 is 11.8 Å². The first-order chi connectivity index (χ1) is 12.0. The van der Waals surface area contributed by atoms with Crippen LogP contribution < -0.4 is 5.32 Å². The van der Waals surface area contributed by atoms with Gasteiger partial charge in [-0.3, -0.25) is 14.3 Å². The minimum atomic E-state index is -0.0401. The number of aromatic nitrogens is 2. The Kier molecular flexibility index (Phi) is 4.88. The molecule has 2 aromatic rings. The zero-order chi connectivity index (χ0) is 18.0. The van der Waals surface area contributed by atoms with Gasteiger partial charge in [-0.15, -0.1) is 0 Å². The van der Waals surface area contributed by atoms with Crippen molar-refractivity contribution in [2.75, 3.05) is 19.6 Å². The molecule has 0 bridgehead atoms. The van der Waals surface area contributed by atoms with Crippen LogP contribution in [0.4, 0.5) is 0 Å². The van der Waals surface area contributed by atoms with Crippen LogP contribution in [-0.2, 0) is 11.3 Å². The summed E-state index contributed by atoms with van der Waals surface area (Å²) in [6.45, 7) is 7.99. The highest BCUT2D eigenvalue weighted by molar-refractivity contribution is 5.96. The lowest BCUT2D eigenvalue weighted by Crippen LogP contribution is -2.34. The molecule has 1 aromatic carbocycles. The van der Waals surface area contributed by atoms with Crippen LogP contribution in [0.1, 0.15) is 39.3 Å². The van der Waals surface area contributed by atoms with Crippen LogP contribution in [0, 0.1) is 20.8 Å². The lowest BCUT2D eigenvalue weighted by atomic mass is 10.1. The van der Waals surface area contributed by atoms with Gasteiger partial charge in [0, 0.05) is 31.7 Å². The van der Waals surface area contributed by atoms with Gasteiger partial charge in [-0.1, -0.05) is 29.8 Å². The van der Waals surface area contributed by atoms with Gasteiger partial charge in [-0.2, -0.15) is 5.10 Å². The van der Waals surface area contributed by atoms with Gasteiger partial charge in [0.1, 0.15) is 0 Å². The topological polar surface area (TPSA) is 67.2 Å². The fourth-order valence-corrected chi connectivity index (χ4v) is 3.15. The standard InChI is InChI=1S/C19H24N4O2/c1-13-4-6-16(7-5-13)12-23-15(3)18(14(2)21-23)19(25)22-10-8-17(24)20-9-11-22/h4-7H,8-12H2,1-3H3,(H,20,24). The van der Waals surface area contributed by atoms with E-state index < -0.39 is 0 Å². The van der Waals surface area contributed by atoms with E-state index in [1.807, 2.05) is 18.5 Å². The van der Waals surface area contributed by atoms with Crippen molar-refractivity contribution in [3.8, 4) is 0 Å². The van der Waals surface area contributed by atoms with Crippen molar-refractivity contribution in [3.05, 3.63) is 52.3 Å². The average Bonchev–Trinajstić information content (AvgIpc) is 2.74. The first-order valence-corrected chi connectivity index (χ1v) is 8.61. The van der Waals surface area contributed by atoms with Gasteiger partial charge < -0.3 is 10.2 Å². The van der Waals surface area contributed by atoms with Gasteiger partial charge >= 0.3 is 0 Å². The van der Waals surface area contributed by atoms with Crippen molar-refractivity contribution in [1.82, 2.24) is 20.0 Å². The third kappa shape index (κ3) is 3.73. The minimum absolute atomic E-state index is 0.00110. The second-order valence-electron chi connectivity index (χ2n) is 6.58. The van der Waals surface area contributed by atoms with E-state index in [1.54, 1.807) is 4.90 Å². The zero-order valence-electron chi connectivity index (χ0n) is 15.0. The Labute approximate surface area is 147 Å². The van der Waals surface area contributed by atoms with Crippen LogP contribution in [0.3, 0.4) is 0 Å². The lowest BCUT2D eigenvalue weighted by Gasteiger charge is -2.19. The summed E-state index contributed by atoms with van der Waals surface area (Å²) in [4.78, 5) is 26.2. The summed E-state index contributed by atoms with van der Waals surface area (Å²) in [6.07, 6.45) is 0.349. The number of nitrogens with zero attached hydrogens (tertiary/aromatic N) is 3. The SMILES string of the molecule is Cc1ccc(Cn2nc(C)c(C(=O)N3CCNC(=O)CC3)c2C)cc1. The maximum absolute atomic E-state index is 12.9. The fraction of sp³-hybridized carbons (Fsp3) is 0.421. The molecule has 6 nitrogen and oxygen atoms in total. The predicted molar refractivity (Wildman–Crippen MR) is 95.5 cm³/mol. The van der Waals surface area contributed by atoms with Crippen molar-refractivity contribution in [2.45, 2.75) is 33.7 Å². The van der Waals surface area contributed by atoms with Crippen LogP contribution >= 0.6 is 0 Å². The Bertz CT molecular complexity index is 793. The molecule has 6 heteroatoms. The molecule has 0 saturated carbocycles. The van der Waals surface area contributed by atoms with E-state index in [1.165, 1.54) is 5.56 Å². The first-order valence-electron chi connectivity index (χ1n) is 8.61. The number of hydrogen-bond donors (Lipinski definition) is 1. The number of aryl methyl sites for hydroxylation is 2. The lowest BCUT2D eigenvalue weighted by molar-refractivity contribution is -0.120. The third-order valence-electron chi connectivity index (χ3n) is 4.65. The minimum Gasteiger partial charge on any atom is -0.354 e. The van der Waals surface area contributed by atoms with E-state index in [4.69, 9.17) is 0 Å². The van der Waals surface area contributed by atoms with E-state index in [2.05, 4.69) is 41.6 Å². The highest BCUT2D eigenvalue weighted by Gasteiger charge is 2.25. The maximum atomic E-state index is 12.9. The smallest absolute Gasteiger partial charge is 0.257 e. The summed E-state index contributed by atoms with van der Waals surface area (Å²) < 4.78 is 1.88. The predicted octanol–water partition coefficient (Wildman–Crippen LogP) is 1.82. The molecule has 0 spiro atoms. The van der Waals surface area contributed by atoms with Crippen LogP contribution in [0.2, 0.25) is 0 Å². The number of rotatable bonds is 3. The molecule has 0 radical (unpaired) electrons. The van der Waals surface area contributed by atoms with Gasteiger partial charge in [-0.25, -0.2) is 0 Å². The highest BCUT2D eigenvalue weighted by Crippen LogP contribution is 2.18. The van der Waals surface area contributed by atoms with Crippen LogP contribution in [0.25, 0.3) is 0 Å². The molecule has 1 saturated heterocycles. The third-order valence-corrected chi connectivity index (χ3v) is 4.65. The largest absolute Gasteiger partial charge is 0.354 e. The molecule has 1 aromatic heterocycles. The second kappa shape index (κ2) is 7.09. The summed E-state index contributed by atoms with van der Waals surface area (Å²) >= 11 is 0. The van der Waals surface area contributed by atoms with E-state index in [-0.39, 0.29) is 11.8 Å². The van der Waals surface area contributed by atoms with Gasteiger partial charge in [0.15, 0.2) is 0 Å². The van der Waals surface area contributed by atoms with Gasteiger partial charge in [0.2, 0.25) is 5.91 Å². The monoisotopic (exact) mass is 340 g/mol. The molecule has 0 atom stereocenters. The Morgan fingerprint density at radius 3 is 2.60 bits per heavy atom. The quantitative estimate of drug-likeness (QED) is 0.927. The molecule has 1 aliphatic heterocycles. The van der Waals surface area contributed by atoms with Crippen molar-refractivity contribution in [3.63, 3.8) is 0 Å². The Hall–Kier alpha value is -2.63. The molecule has 2 amide bonds. The van der Waals surface area contributed by atoms with Gasteiger partial charge in [-0.05, 0) is 26.3 Å². The van der Waals surface area contributed by atoms with Crippen molar-refractivity contribution in [2.24, 2.45) is 0 Å². The molecule has 132 valence electrons. The van der Waals surface area contributed by atoms with Gasteiger partial charge in [0.25, 0.3) is 5.91 Å². The van der Waals surface area contributed by atoms with Crippen molar-refractivity contribution in [1.29, 1.82) is 0 Å². The Morgan fingerprint density at radius 2 is 1.88 bits per heavy atom. The molecule has 0 unspecified atom stereocenters. The van der Waals surface area contributed by atoms with Gasteiger partial charge in [0.05, 0.1) is 17.8 Å². The summed E-state index contributed by atoms with van der Waals surface area (Å²) in [7, 11) is 0. The van der Waals surface area contributed by atoms with E-state index in [9.17, 15) is 9.59 Å². The molecule has 1 aliphatic rings. The van der Waals surface area contributed by atoms with Crippen LogP contribution in [0.15, 0.2) is 24.3 Å². The number of hydrogen-bond acceptors (Lipinski definition) is 3. The highest BCUT2D eigenvalue weighted by atomic mass is 16.2. The number of carbonyl (C=O) groups is 2. The number of benzene rings is 1. The zero-order valence-corrected chi connectivity index (χ0v) is 15.0. The Balaban J connectivity index is 1.82. The second-order valence-corrected chi connectivity index (χ2v) is 6.58. The van der Waals surface area contributed by atoms with E-state index >= 15 is 0 Å². The summed E-state index contributed by atoms with van der Waals surface area (Å²) in [5.74, 6) is -0.0412. The maximum Gasteiger partial charge on any atom is 0.257 e. The molecule has 25 heavy (non-hydrogen) atoms. The Morgan fingerprint density at radius 1 is 1.16 bits per heavy atom. The molecular formula is C19H24N4O2. The summed E-state index contributed by atoms with van der Waals surface area (Å²) in [5.41, 5.74) is 4.63. The molecule has 0 aliphatic carbocycles. The summed E-state index contributed by atoms with van der Waals surface area (Å²) in [6, 6.07) is 8.32. The molecular weight excluding hydrogens is 316 g/mol. The molecule has 1 fully saturated rings. The number of carbonyl (C=O) groups excluding carboxylic acids is 2. The van der Waals surface area contributed by atoms with E-state index in [0.29, 0.717) is 38.2 Å². The number of nitrogens with one attached hydrogen (secondary N) is 1. The van der Waals surface area contributed by atoms with Crippen LogP contribution in [0.5, 0.6) is 0 Å².